The van der Waals surface area contributed by atoms with E-state index in [1.165, 1.54) is 6.07 Å². The fraction of sp³-hybridized carbons (Fsp3) is 0.238. The van der Waals surface area contributed by atoms with Gasteiger partial charge in [0.05, 0.1) is 0 Å². The van der Waals surface area contributed by atoms with Crippen molar-refractivity contribution in [1.29, 1.82) is 0 Å². The van der Waals surface area contributed by atoms with Crippen LogP contribution in [0.3, 0.4) is 0 Å². The Morgan fingerprint density at radius 3 is 2.18 bits per heavy atom. The highest BCUT2D eigenvalue weighted by molar-refractivity contribution is 6.01. The molecule has 1 aliphatic heterocycles. The third kappa shape index (κ3) is 3.13. The molecule has 0 saturated carbocycles. The molecule has 7 heteroatoms. The molecule has 1 saturated heterocycles. The number of para-hydroxylation sites is 1. The van der Waals surface area contributed by atoms with E-state index in [0.29, 0.717) is 31.9 Å². The molecule has 0 radical (unpaired) electrons. The average molecular weight is 383 g/mol. The van der Waals surface area contributed by atoms with E-state index in [1.807, 2.05) is 31.2 Å². The molecule has 3 aromatic rings. The number of carbonyl (C=O) groups is 2. The van der Waals surface area contributed by atoms with Crippen LogP contribution in [0, 0.1) is 18.6 Å². The zero-order valence-electron chi connectivity index (χ0n) is 15.3. The van der Waals surface area contributed by atoms with E-state index in [2.05, 4.69) is 4.98 Å². The van der Waals surface area contributed by atoms with Crippen molar-refractivity contribution in [2.45, 2.75) is 6.92 Å². The number of halogens is 2. The molecule has 1 fully saturated rings. The summed E-state index contributed by atoms with van der Waals surface area (Å²) >= 11 is 0. The van der Waals surface area contributed by atoms with Gasteiger partial charge in [-0.3, -0.25) is 9.59 Å². The molecule has 1 aliphatic rings. The predicted molar refractivity (Wildman–Crippen MR) is 101 cm³/mol. The molecule has 2 amide bonds. The van der Waals surface area contributed by atoms with Crippen molar-refractivity contribution in [3.63, 3.8) is 0 Å². The molecular weight excluding hydrogens is 364 g/mol. The third-order valence-electron chi connectivity index (χ3n) is 5.20. The van der Waals surface area contributed by atoms with Gasteiger partial charge in [0.2, 0.25) is 0 Å². The van der Waals surface area contributed by atoms with E-state index < -0.39 is 11.6 Å². The lowest BCUT2D eigenvalue weighted by atomic mass is 10.1. The van der Waals surface area contributed by atoms with Gasteiger partial charge in [0.15, 0.2) is 11.6 Å². The van der Waals surface area contributed by atoms with Crippen LogP contribution in [0.1, 0.15) is 26.4 Å². The average Bonchev–Trinajstić information content (AvgIpc) is 3.06. The summed E-state index contributed by atoms with van der Waals surface area (Å²) in [6.07, 6.45) is 0. The normalized spacial score (nSPS) is 14.5. The molecule has 0 spiro atoms. The van der Waals surface area contributed by atoms with Crippen LogP contribution >= 0.6 is 0 Å². The standard InChI is InChI=1S/C21H19F2N3O2/c1-13-15-4-2-3-5-18(15)24-19(13)21(28)26-10-8-25(9-11-26)20(27)14-6-7-16(22)17(23)12-14/h2-7,12,24H,8-11H2,1H3. The molecule has 4 rings (SSSR count). The van der Waals surface area contributed by atoms with Gasteiger partial charge in [-0.2, -0.15) is 0 Å². The first-order chi connectivity index (χ1) is 13.5. The Bertz CT molecular complexity index is 1070. The van der Waals surface area contributed by atoms with Gasteiger partial charge in [-0.25, -0.2) is 8.78 Å². The zero-order valence-corrected chi connectivity index (χ0v) is 15.3. The van der Waals surface area contributed by atoms with Crippen LogP contribution in [0.4, 0.5) is 8.78 Å². The number of fused-ring (bicyclic) bond motifs is 1. The maximum atomic E-state index is 13.4. The summed E-state index contributed by atoms with van der Waals surface area (Å²) in [5, 5.41) is 1.01. The van der Waals surface area contributed by atoms with Crippen LogP contribution in [0.15, 0.2) is 42.5 Å². The zero-order chi connectivity index (χ0) is 19.8. The lowest BCUT2D eigenvalue weighted by Gasteiger charge is -2.34. The van der Waals surface area contributed by atoms with Crippen LogP contribution < -0.4 is 0 Å². The van der Waals surface area contributed by atoms with E-state index in [9.17, 15) is 18.4 Å². The number of piperazine rings is 1. The Balaban J connectivity index is 1.46. The first-order valence-corrected chi connectivity index (χ1v) is 9.06. The second-order valence-corrected chi connectivity index (χ2v) is 6.88. The molecule has 1 N–H and O–H groups in total. The monoisotopic (exact) mass is 383 g/mol. The summed E-state index contributed by atoms with van der Waals surface area (Å²) in [6, 6.07) is 10.9. The molecule has 0 bridgehead atoms. The van der Waals surface area contributed by atoms with Crippen molar-refractivity contribution in [2.24, 2.45) is 0 Å². The molecule has 0 aliphatic carbocycles. The molecule has 0 atom stereocenters. The minimum Gasteiger partial charge on any atom is -0.350 e. The van der Waals surface area contributed by atoms with Crippen molar-refractivity contribution >= 4 is 22.7 Å². The van der Waals surface area contributed by atoms with Crippen molar-refractivity contribution in [3.05, 3.63) is 70.9 Å². The molecule has 5 nitrogen and oxygen atoms in total. The second kappa shape index (κ2) is 7.07. The minimum atomic E-state index is -1.05. The van der Waals surface area contributed by atoms with Gasteiger partial charge in [-0.05, 0) is 36.8 Å². The molecular formula is C21H19F2N3O2. The Kier molecular flexibility index (Phi) is 4.58. The summed E-state index contributed by atoms with van der Waals surface area (Å²) in [6.45, 7) is 3.34. The smallest absolute Gasteiger partial charge is 0.270 e. The number of benzene rings is 2. The van der Waals surface area contributed by atoms with E-state index in [0.717, 1.165) is 28.6 Å². The highest BCUT2D eigenvalue weighted by Gasteiger charge is 2.27. The third-order valence-corrected chi connectivity index (χ3v) is 5.20. The lowest BCUT2D eigenvalue weighted by Crippen LogP contribution is -2.50. The SMILES string of the molecule is Cc1c(C(=O)N2CCN(C(=O)c3ccc(F)c(F)c3)CC2)[nH]c2ccccc12. The number of nitrogens with zero attached hydrogens (tertiary/aromatic N) is 2. The first kappa shape index (κ1) is 18.2. The highest BCUT2D eigenvalue weighted by Crippen LogP contribution is 2.23. The van der Waals surface area contributed by atoms with Crippen LogP contribution in [0.25, 0.3) is 10.9 Å². The summed E-state index contributed by atoms with van der Waals surface area (Å²) in [5.41, 5.74) is 2.48. The summed E-state index contributed by atoms with van der Waals surface area (Å²) in [5.74, 6) is -2.50. The van der Waals surface area contributed by atoms with Gasteiger partial charge >= 0.3 is 0 Å². The number of aromatic amines is 1. The molecule has 28 heavy (non-hydrogen) atoms. The Morgan fingerprint density at radius 1 is 0.893 bits per heavy atom. The summed E-state index contributed by atoms with van der Waals surface area (Å²) in [4.78, 5) is 31.9. The first-order valence-electron chi connectivity index (χ1n) is 9.06. The van der Waals surface area contributed by atoms with Gasteiger partial charge in [-0.1, -0.05) is 18.2 Å². The molecule has 2 aromatic carbocycles. The molecule has 1 aromatic heterocycles. The number of rotatable bonds is 2. The highest BCUT2D eigenvalue weighted by atomic mass is 19.2. The number of aryl methyl sites for hydroxylation is 1. The maximum absolute atomic E-state index is 13.4. The van der Waals surface area contributed by atoms with E-state index >= 15 is 0 Å². The summed E-state index contributed by atoms with van der Waals surface area (Å²) in [7, 11) is 0. The van der Waals surface area contributed by atoms with Gasteiger partial charge in [0, 0.05) is 42.6 Å². The minimum absolute atomic E-state index is 0.102. The number of hydrogen-bond acceptors (Lipinski definition) is 2. The number of H-pyrrole nitrogens is 1. The number of carbonyl (C=O) groups excluding carboxylic acids is 2. The second-order valence-electron chi connectivity index (χ2n) is 6.88. The largest absolute Gasteiger partial charge is 0.350 e. The fourth-order valence-corrected chi connectivity index (χ4v) is 3.58. The van der Waals surface area contributed by atoms with Crippen molar-refractivity contribution in [3.8, 4) is 0 Å². The fourth-order valence-electron chi connectivity index (χ4n) is 3.58. The van der Waals surface area contributed by atoms with Crippen molar-refractivity contribution < 1.29 is 18.4 Å². The number of nitrogens with one attached hydrogen (secondary N) is 1. The van der Waals surface area contributed by atoms with Gasteiger partial charge in [0.25, 0.3) is 11.8 Å². The topological polar surface area (TPSA) is 56.4 Å². The number of hydrogen-bond donors (Lipinski definition) is 1. The van der Waals surface area contributed by atoms with Crippen molar-refractivity contribution in [1.82, 2.24) is 14.8 Å². The maximum Gasteiger partial charge on any atom is 0.270 e. The van der Waals surface area contributed by atoms with Crippen LogP contribution in [0.5, 0.6) is 0 Å². The number of amides is 2. The van der Waals surface area contributed by atoms with Crippen LogP contribution in [0.2, 0.25) is 0 Å². The van der Waals surface area contributed by atoms with E-state index in [4.69, 9.17) is 0 Å². The van der Waals surface area contributed by atoms with Gasteiger partial charge < -0.3 is 14.8 Å². The number of aromatic nitrogens is 1. The lowest BCUT2D eigenvalue weighted by molar-refractivity contribution is 0.0532. The molecule has 0 unspecified atom stereocenters. The van der Waals surface area contributed by atoms with Gasteiger partial charge in [-0.15, -0.1) is 0 Å². The Hall–Kier alpha value is -3.22. The molecule has 2 heterocycles. The van der Waals surface area contributed by atoms with Crippen LogP contribution in [-0.4, -0.2) is 52.8 Å². The Labute approximate surface area is 160 Å². The van der Waals surface area contributed by atoms with Crippen molar-refractivity contribution in [2.75, 3.05) is 26.2 Å². The summed E-state index contributed by atoms with van der Waals surface area (Å²) < 4.78 is 26.5. The van der Waals surface area contributed by atoms with E-state index in [-0.39, 0.29) is 17.4 Å². The quantitative estimate of drug-likeness (QED) is 0.738. The predicted octanol–water partition coefficient (Wildman–Crippen LogP) is 3.35. The van der Waals surface area contributed by atoms with Crippen LogP contribution in [-0.2, 0) is 0 Å². The molecule has 144 valence electrons. The van der Waals surface area contributed by atoms with E-state index in [1.54, 1.807) is 9.80 Å². The Morgan fingerprint density at radius 2 is 1.54 bits per heavy atom. The van der Waals surface area contributed by atoms with Gasteiger partial charge in [0.1, 0.15) is 5.69 Å².